The molecule has 0 aliphatic carbocycles. The molecule has 1 aliphatic rings. The van der Waals surface area contributed by atoms with Crippen LogP contribution in [-0.2, 0) is 11.3 Å². The fourth-order valence-corrected chi connectivity index (χ4v) is 3.68. The molecule has 0 bridgehead atoms. The molecule has 1 aromatic carbocycles. The summed E-state index contributed by atoms with van der Waals surface area (Å²) in [5, 5.41) is 0.419. The molecule has 6 nitrogen and oxygen atoms in total. The van der Waals surface area contributed by atoms with Crippen LogP contribution in [-0.4, -0.2) is 34.2 Å². The fraction of sp³-hybridized carbons (Fsp3) is 0.227. The number of anilines is 1. The van der Waals surface area contributed by atoms with Gasteiger partial charge in [0.05, 0.1) is 23.9 Å². The Kier molecular flexibility index (Phi) is 5.92. The first-order chi connectivity index (χ1) is 14.6. The molecule has 4 rings (SSSR count). The quantitative estimate of drug-likeness (QED) is 0.580. The van der Waals surface area contributed by atoms with Gasteiger partial charge in [0, 0.05) is 37.1 Å². The number of hydrogen-bond donors (Lipinski definition) is 0. The Hall–Kier alpha value is -3.03. The maximum absolute atomic E-state index is 13.3. The molecule has 8 heteroatoms. The van der Waals surface area contributed by atoms with Gasteiger partial charge in [0.25, 0.3) is 5.56 Å². The van der Waals surface area contributed by atoms with Crippen LogP contribution in [0.3, 0.4) is 0 Å². The van der Waals surface area contributed by atoms with Gasteiger partial charge in [-0.2, -0.15) is 0 Å². The minimum atomic E-state index is -0.296. The third-order valence-electron chi connectivity index (χ3n) is 4.94. The van der Waals surface area contributed by atoms with Crippen LogP contribution in [0.2, 0.25) is 5.02 Å². The van der Waals surface area contributed by atoms with Crippen LogP contribution in [0.15, 0.2) is 66.2 Å². The number of rotatable bonds is 5. The van der Waals surface area contributed by atoms with Crippen LogP contribution in [0.1, 0.15) is 11.7 Å². The van der Waals surface area contributed by atoms with Crippen LogP contribution in [0.5, 0.6) is 0 Å². The normalized spacial score (nSPS) is 16.5. The van der Waals surface area contributed by atoms with Gasteiger partial charge in [-0.05, 0) is 23.8 Å². The van der Waals surface area contributed by atoms with Crippen molar-refractivity contribution in [3.63, 3.8) is 0 Å². The SMILES string of the molecule is C=CCn1c(N2CCO[C@@H](c3ccc(F)cc3)C2)nc(-c2ccncc2Cl)cc1=O. The molecule has 0 radical (unpaired) electrons. The zero-order valence-electron chi connectivity index (χ0n) is 16.2. The molecule has 0 spiro atoms. The number of hydrogen-bond acceptors (Lipinski definition) is 5. The summed E-state index contributed by atoms with van der Waals surface area (Å²) >= 11 is 6.27. The zero-order valence-corrected chi connectivity index (χ0v) is 16.9. The van der Waals surface area contributed by atoms with Crippen LogP contribution >= 0.6 is 11.6 Å². The van der Waals surface area contributed by atoms with Gasteiger partial charge in [-0.25, -0.2) is 9.37 Å². The lowest BCUT2D eigenvalue weighted by atomic mass is 10.1. The summed E-state index contributed by atoms with van der Waals surface area (Å²) in [7, 11) is 0. The monoisotopic (exact) mass is 426 g/mol. The Morgan fingerprint density at radius 1 is 1.30 bits per heavy atom. The molecule has 154 valence electrons. The zero-order chi connectivity index (χ0) is 21.1. The van der Waals surface area contributed by atoms with Crippen LogP contribution in [0.25, 0.3) is 11.3 Å². The predicted molar refractivity (Wildman–Crippen MR) is 114 cm³/mol. The summed E-state index contributed by atoms with van der Waals surface area (Å²) in [5.41, 5.74) is 1.78. The molecular weight excluding hydrogens is 407 g/mol. The second kappa shape index (κ2) is 8.77. The molecule has 3 heterocycles. The van der Waals surface area contributed by atoms with Crippen molar-refractivity contribution in [2.45, 2.75) is 12.6 Å². The van der Waals surface area contributed by atoms with Gasteiger partial charge in [-0.1, -0.05) is 29.8 Å². The van der Waals surface area contributed by atoms with E-state index >= 15 is 0 Å². The van der Waals surface area contributed by atoms with E-state index in [1.165, 1.54) is 24.4 Å². The lowest BCUT2D eigenvalue weighted by Crippen LogP contribution is -2.42. The number of nitrogens with zero attached hydrogens (tertiary/aromatic N) is 4. The van der Waals surface area contributed by atoms with Crippen LogP contribution < -0.4 is 10.5 Å². The Morgan fingerprint density at radius 2 is 2.10 bits per heavy atom. The number of pyridine rings is 1. The van der Waals surface area contributed by atoms with E-state index in [4.69, 9.17) is 21.3 Å². The van der Waals surface area contributed by atoms with Crippen molar-refractivity contribution in [1.82, 2.24) is 14.5 Å². The smallest absolute Gasteiger partial charge is 0.255 e. The second-order valence-corrected chi connectivity index (χ2v) is 7.30. The number of ether oxygens (including phenoxy) is 1. The summed E-state index contributed by atoms with van der Waals surface area (Å²) in [6.45, 7) is 5.57. The number of halogens is 2. The van der Waals surface area contributed by atoms with Gasteiger partial charge < -0.3 is 9.64 Å². The molecule has 0 unspecified atom stereocenters. The first-order valence-corrected chi connectivity index (χ1v) is 9.89. The molecule has 1 atom stereocenters. The molecule has 2 aromatic heterocycles. The maximum atomic E-state index is 13.3. The molecule has 0 N–H and O–H groups in total. The lowest BCUT2D eigenvalue weighted by Gasteiger charge is -2.35. The largest absolute Gasteiger partial charge is 0.370 e. The molecule has 1 saturated heterocycles. The van der Waals surface area contributed by atoms with Gasteiger partial charge in [-0.3, -0.25) is 14.3 Å². The Balaban J connectivity index is 1.74. The van der Waals surface area contributed by atoms with Gasteiger partial charge >= 0.3 is 0 Å². The van der Waals surface area contributed by atoms with Crippen molar-refractivity contribution in [3.05, 3.63) is 88.2 Å². The van der Waals surface area contributed by atoms with Gasteiger partial charge in [0.15, 0.2) is 0 Å². The van der Waals surface area contributed by atoms with Crippen LogP contribution in [0, 0.1) is 5.82 Å². The minimum absolute atomic E-state index is 0.201. The number of morpholine rings is 1. The highest BCUT2D eigenvalue weighted by atomic mass is 35.5. The predicted octanol–water partition coefficient (Wildman–Crippen LogP) is 3.86. The Labute approximate surface area is 178 Å². The molecule has 0 saturated carbocycles. The molecule has 1 aliphatic heterocycles. The first kappa shape index (κ1) is 20.3. The average molecular weight is 427 g/mol. The summed E-state index contributed by atoms with van der Waals surface area (Å²) in [6, 6.07) is 9.44. The van der Waals surface area contributed by atoms with E-state index in [2.05, 4.69) is 11.6 Å². The van der Waals surface area contributed by atoms with Crippen molar-refractivity contribution in [2.24, 2.45) is 0 Å². The van der Waals surface area contributed by atoms with Gasteiger partial charge in [0.1, 0.15) is 11.9 Å². The van der Waals surface area contributed by atoms with E-state index in [-0.39, 0.29) is 17.5 Å². The van der Waals surface area contributed by atoms with Crippen molar-refractivity contribution < 1.29 is 9.13 Å². The summed E-state index contributed by atoms with van der Waals surface area (Å²) in [6.07, 6.45) is 4.52. The van der Waals surface area contributed by atoms with E-state index in [1.54, 1.807) is 35.0 Å². The lowest BCUT2D eigenvalue weighted by molar-refractivity contribution is 0.0389. The number of aromatic nitrogens is 3. The molecular formula is C22H20ClFN4O2. The first-order valence-electron chi connectivity index (χ1n) is 9.51. The summed E-state index contributed by atoms with van der Waals surface area (Å²) in [5.74, 6) is 0.218. The number of allylic oxidation sites excluding steroid dienone is 1. The minimum Gasteiger partial charge on any atom is -0.370 e. The summed E-state index contributed by atoms with van der Waals surface area (Å²) < 4.78 is 20.8. The van der Waals surface area contributed by atoms with Crippen LogP contribution in [0.4, 0.5) is 10.3 Å². The summed E-state index contributed by atoms with van der Waals surface area (Å²) in [4.78, 5) is 23.6. The van der Waals surface area contributed by atoms with E-state index in [0.29, 0.717) is 48.5 Å². The van der Waals surface area contributed by atoms with Crippen molar-refractivity contribution >= 4 is 17.5 Å². The molecule has 0 amide bonds. The van der Waals surface area contributed by atoms with E-state index in [0.717, 1.165) is 5.56 Å². The Morgan fingerprint density at radius 3 is 2.83 bits per heavy atom. The maximum Gasteiger partial charge on any atom is 0.255 e. The topological polar surface area (TPSA) is 60.2 Å². The van der Waals surface area contributed by atoms with Crippen molar-refractivity contribution in [3.8, 4) is 11.3 Å². The molecule has 30 heavy (non-hydrogen) atoms. The van der Waals surface area contributed by atoms with E-state index in [1.807, 2.05) is 4.90 Å². The Bertz CT molecular complexity index is 1120. The highest BCUT2D eigenvalue weighted by Gasteiger charge is 2.26. The van der Waals surface area contributed by atoms with Gasteiger partial charge in [-0.15, -0.1) is 6.58 Å². The molecule has 1 fully saturated rings. The second-order valence-electron chi connectivity index (χ2n) is 6.89. The highest BCUT2D eigenvalue weighted by molar-refractivity contribution is 6.33. The third-order valence-corrected chi connectivity index (χ3v) is 5.24. The average Bonchev–Trinajstić information content (AvgIpc) is 2.76. The van der Waals surface area contributed by atoms with Gasteiger partial charge in [0.2, 0.25) is 5.95 Å². The number of benzene rings is 1. The van der Waals surface area contributed by atoms with E-state index in [9.17, 15) is 9.18 Å². The standard InChI is InChI=1S/C22H20ClFN4O2/c1-2-9-28-21(29)12-19(17-7-8-25-13-18(17)23)26-22(28)27-10-11-30-20(14-27)15-3-5-16(24)6-4-15/h2-8,12-13,20H,1,9-11,14H2/t20-/m1/s1. The van der Waals surface area contributed by atoms with E-state index < -0.39 is 0 Å². The molecule has 3 aromatic rings. The third kappa shape index (κ3) is 4.13. The van der Waals surface area contributed by atoms with Crippen molar-refractivity contribution in [1.29, 1.82) is 0 Å². The van der Waals surface area contributed by atoms with Crippen molar-refractivity contribution in [2.75, 3.05) is 24.6 Å². The fourth-order valence-electron chi connectivity index (χ4n) is 3.47. The highest BCUT2D eigenvalue weighted by Crippen LogP contribution is 2.28.